The molecule has 2 aromatic rings. The molecule has 0 radical (unpaired) electrons. The molecule has 0 amide bonds. The fourth-order valence-electron chi connectivity index (χ4n) is 4.09. The van der Waals surface area contributed by atoms with Crippen LogP contribution >= 0.6 is 0 Å². The van der Waals surface area contributed by atoms with Gasteiger partial charge in [-0.05, 0) is 50.2 Å². The van der Waals surface area contributed by atoms with Gasteiger partial charge >= 0.3 is 0 Å². The van der Waals surface area contributed by atoms with E-state index in [4.69, 9.17) is 0 Å². The number of rotatable bonds is 6. The van der Waals surface area contributed by atoms with Gasteiger partial charge in [0.1, 0.15) is 0 Å². The Bertz CT molecular complexity index is 591. The Balaban J connectivity index is 1.77. The molecule has 1 fully saturated rings. The van der Waals surface area contributed by atoms with E-state index in [9.17, 15) is 5.11 Å². The van der Waals surface area contributed by atoms with Crippen LogP contribution in [-0.2, 0) is 13.1 Å². The first-order chi connectivity index (χ1) is 12.0. The molecule has 3 rings (SSSR count). The Labute approximate surface area is 152 Å². The van der Waals surface area contributed by atoms with Gasteiger partial charge in [-0.2, -0.15) is 0 Å². The molecule has 1 saturated carbocycles. The van der Waals surface area contributed by atoms with Crippen molar-refractivity contribution in [3.63, 3.8) is 0 Å². The summed E-state index contributed by atoms with van der Waals surface area (Å²) in [4.78, 5) is 2.61. The van der Waals surface area contributed by atoms with Gasteiger partial charge in [0.15, 0.2) is 0 Å². The first-order valence-corrected chi connectivity index (χ1v) is 9.56. The van der Waals surface area contributed by atoms with E-state index >= 15 is 0 Å². The fraction of sp³-hybridized carbons (Fsp3) is 0.478. The van der Waals surface area contributed by atoms with Crippen molar-refractivity contribution in [1.82, 2.24) is 4.90 Å². The lowest BCUT2D eigenvalue weighted by Crippen LogP contribution is -2.43. The molecule has 2 aromatic carbocycles. The molecule has 2 nitrogen and oxygen atoms in total. The van der Waals surface area contributed by atoms with Crippen LogP contribution in [0.1, 0.15) is 50.7 Å². The number of hydrogen-bond donors (Lipinski definition) is 1. The maximum Gasteiger partial charge on any atom is 0.0620 e. The summed E-state index contributed by atoms with van der Waals surface area (Å²) < 4.78 is 0. The normalized spacial score (nSPS) is 21.4. The SMILES string of the molecule is CC(C)(O)C1CCCC(N(Cc2ccccc2)Cc2ccccc2)C1. The van der Waals surface area contributed by atoms with Gasteiger partial charge in [0, 0.05) is 19.1 Å². The predicted molar refractivity (Wildman–Crippen MR) is 104 cm³/mol. The fourth-order valence-corrected chi connectivity index (χ4v) is 4.09. The van der Waals surface area contributed by atoms with E-state index in [-0.39, 0.29) is 0 Å². The highest BCUT2D eigenvalue weighted by molar-refractivity contribution is 5.17. The second-order valence-corrected chi connectivity index (χ2v) is 8.05. The van der Waals surface area contributed by atoms with Crippen LogP contribution in [0.4, 0.5) is 0 Å². The van der Waals surface area contributed by atoms with Crippen molar-refractivity contribution in [3.05, 3.63) is 71.8 Å². The van der Waals surface area contributed by atoms with E-state index in [1.165, 1.54) is 24.0 Å². The quantitative estimate of drug-likeness (QED) is 0.800. The molecule has 1 aliphatic rings. The minimum Gasteiger partial charge on any atom is -0.390 e. The lowest BCUT2D eigenvalue weighted by molar-refractivity contribution is -0.0210. The van der Waals surface area contributed by atoms with Crippen LogP contribution in [0.15, 0.2) is 60.7 Å². The number of hydrogen-bond acceptors (Lipinski definition) is 2. The summed E-state index contributed by atoms with van der Waals surface area (Å²) in [6, 6.07) is 22.0. The molecule has 134 valence electrons. The van der Waals surface area contributed by atoms with E-state index in [1.807, 2.05) is 13.8 Å². The predicted octanol–water partition coefficient (Wildman–Crippen LogP) is 5.02. The van der Waals surface area contributed by atoms with E-state index in [0.717, 1.165) is 25.9 Å². The second kappa shape index (κ2) is 8.16. The highest BCUT2D eigenvalue weighted by atomic mass is 16.3. The summed E-state index contributed by atoms with van der Waals surface area (Å²) in [6.45, 7) is 5.88. The minimum absolute atomic E-state index is 0.389. The molecule has 2 unspecified atom stereocenters. The highest BCUT2D eigenvalue weighted by Crippen LogP contribution is 2.35. The number of aliphatic hydroxyl groups is 1. The maximum absolute atomic E-state index is 10.5. The number of benzene rings is 2. The van der Waals surface area contributed by atoms with Gasteiger partial charge in [-0.25, -0.2) is 0 Å². The first-order valence-electron chi connectivity index (χ1n) is 9.56. The van der Waals surface area contributed by atoms with Gasteiger partial charge < -0.3 is 5.11 Å². The Morgan fingerprint density at radius 1 is 0.880 bits per heavy atom. The zero-order chi connectivity index (χ0) is 17.7. The van der Waals surface area contributed by atoms with Gasteiger partial charge in [-0.1, -0.05) is 67.1 Å². The molecule has 0 heterocycles. The van der Waals surface area contributed by atoms with Crippen molar-refractivity contribution < 1.29 is 5.11 Å². The van der Waals surface area contributed by atoms with Crippen LogP contribution in [0.25, 0.3) is 0 Å². The Morgan fingerprint density at radius 2 is 1.40 bits per heavy atom. The van der Waals surface area contributed by atoms with Gasteiger partial charge in [-0.15, -0.1) is 0 Å². The van der Waals surface area contributed by atoms with Gasteiger partial charge in [0.2, 0.25) is 0 Å². The monoisotopic (exact) mass is 337 g/mol. The Hall–Kier alpha value is -1.64. The van der Waals surface area contributed by atoms with Crippen LogP contribution in [0.3, 0.4) is 0 Å². The third-order valence-electron chi connectivity index (χ3n) is 5.62. The van der Waals surface area contributed by atoms with Crippen molar-refractivity contribution in [3.8, 4) is 0 Å². The molecule has 0 saturated heterocycles. The molecular weight excluding hydrogens is 306 g/mol. The van der Waals surface area contributed by atoms with Crippen LogP contribution in [-0.4, -0.2) is 21.6 Å². The molecule has 0 spiro atoms. The summed E-state index contributed by atoms with van der Waals surface area (Å²) in [5.74, 6) is 0.389. The third kappa shape index (κ3) is 5.17. The van der Waals surface area contributed by atoms with Crippen molar-refractivity contribution in [2.75, 3.05) is 0 Å². The molecule has 1 aliphatic carbocycles. The zero-order valence-electron chi connectivity index (χ0n) is 15.6. The van der Waals surface area contributed by atoms with Crippen LogP contribution in [0, 0.1) is 5.92 Å². The molecule has 25 heavy (non-hydrogen) atoms. The van der Waals surface area contributed by atoms with E-state index in [2.05, 4.69) is 65.6 Å². The van der Waals surface area contributed by atoms with Crippen LogP contribution in [0.2, 0.25) is 0 Å². The average molecular weight is 338 g/mol. The highest BCUT2D eigenvalue weighted by Gasteiger charge is 2.34. The van der Waals surface area contributed by atoms with Crippen LogP contribution < -0.4 is 0 Å². The van der Waals surface area contributed by atoms with Gasteiger partial charge in [-0.3, -0.25) is 4.90 Å². The van der Waals surface area contributed by atoms with Crippen molar-refractivity contribution >= 4 is 0 Å². The molecule has 2 atom stereocenters. The summed E-state index contributed by atoms with van der Waals surface area (Å²) in [7, 11) is 0. The smallest absolute Gasteiger partial charge is 0.0620 e. The molecule has 0 aliphatic heterocycles. The van der Waals surface area contributed by atoms with E-state index in [0.29, 0.717) is 12.0 Å². The topological polar surface area (TPSA) is 23.5 Å². The first kappa shape index (κ1) is 18.2. The van der Waals surface area contributed by atoms with E-state index < -0.39 is 5.60 Å². The molecule has 0 bridgehead atoms. The molecule has 0 aromatic heterocycles. The Morgan fingerprint density at radius 3 is 1.88 bits per heavy atom. The molecule has 1 N–H and O–H groups in total. The van der Waals surface area contributed by atoms with Gasteiger partial charge in [0.25, 0.3) is 0 Å². The largest absolute Gasteiger partial charge is 0.390 e. The second-order valence-electron chi connectivity index (χ2n) is 8.05. The third-order valence-corrected chi connectivity index (χ3v) is 5.62. The van der Waals surface area contributed by atoms with Crippen molar-refractivity contribution in [2.24, 2.45) is 5.92 Å². The van der Waals surface area contributed by atoms with Crippen molar-refractivity contribution in [1.29, 1.82) is 0 Å². The summed E-state index contributed by atoms with van der Waals surface area (Å²) in [5, 5.41) is 10.5. The number of nitrogens with zero attached hydrogens (tertiary/aromatic N) is 1. The lowest BCUT2D eigenvalue weighted by Gasteiger charge is -2.41. The maximum atomic E-state index is 10.5. The Kier molecular flexibility index (Phi) is 5.93. The van der Waals surface area contributed by atoms with Crippen molar-refractivity contribution in [2.45, 2.75) is 64.3 Å². The lowest BCUT2D eigenvalue weighted by atomic mass is 9.76. The molecular formula is C23H31NO. The standard InChI is InChI=1S/C23H31NO/c1-23(2,25)21-14-9-15-22(16-21)24(17-19-10-5-3-6-11-19)18-20-12-7-4-8-13-20/h3-8,10-13,21-22,25H,9,14-18H2,1-2H3. The zero-order valence-corrected chi connectivity index (χ0v) is 15.6. The van der Waals surface area contributed by atoms with E-state index in [1.54, 1.807) is 0 Å². The summed E-state index contributed by atoms with van der Waals surface area (Å²) in [6.07, 6.45) is 4.67. The van der Waals surface area contributed by atoms with Gasteiger partial charge in [0.05, 0.1) is 5.60 Å². The minimum atomic E-state index is -0.580. The molecule has 2 heteroatoms. The average Bonchev–Trinajstić information content (AvgIpc) is 2.62. The summed E-state index contributed by atoms with van der Waals surface area (Å²) >= 11 is 0. The van der Waals surface area contributed by atoms with Crippen LogP contribution in [0.5, 0.6) is 0 Å². The summed E-state index contributed by atoms with van der Waals surface area (Å²) in [5.41, 5.74) is 2.15.